The Morgan fingerprint density at radius 1 is 0.743 bits per heavy atom. The van der Waals surface area contributed by atoms with Gasteiger partial charge in [0.25, 0.3) is 5.91 Å². The second-order valence-electron chi connectivity index (χ2n) is 19.2. The number of nitrogens with one attached hydrogen (secondary N) is 2. The Hall–Kier alpha value is -6.74. The Kier molecular flexibility index (Phi) is 13.9. The molecule has 394 valence electrons. The molecule has 8 bridgehead atoms. The molecule has 8 rings (SSSR count). The first-order chi connectivity index (χ1) is 34.4. The van der Waals surface area contributed by atoms with Gasteiger partial charge in [0.2, 0.25) is 5.91 Å². The number of nitrogens with zero attached hydrogens (tertiary/aromatic N) is 4. The van der Waals surface area contributed by atoms with E-state index in [9.17, 15) is 62.3 Å². The smallest absolute Gasteiger partial charge is 0.416 e. The van der Waals surface area contributed by atoms with E-state index in [1.54, 1.807) is 45.9 Å². The fraction of sp³-hybridized carbons (Fsp3) is 0.423. The number of allylic oxidation sites excluding steroid dienone is 3. The number of alkyl halides is 12. The second kappa shape index (κ2) is 19.2. The number of carbonyl (C=O) groups excluding carboxylic acids is 3. The highest BCUT2D eigenvalue weighted by molar-refractivity contribution is 6.17. The number of H-pyrrole nitrogens is 1. The number of imide groups is 1. The van der Waals surface area contributed by atoms with Gasteiger partial charge in [-0.2, -0.15) is 52.7 Å². The normalized spacial score (nSPS) is 26.0. The van der Waals surface area contributed by atoms with E-state index in [2.05, 4.69) is 15.3 Å². The molecule has 22 heteroatoms. The summed E-state index contributed by atoms with van der Waals surface area (Å²) in [4.78, 5) is 61.1. The van der Waals surface area contributed by atoms with Crippen LogP contribution in [0.2, 0.25) is 0 Å². The molecule has 2 N–H and O–H groups in total. The zero-order valence-corrected chi connectivity index (χ0v) is 40.7. The van der Waals surface area contributed by atoms with Crippen LogP contribution in [0.15, 0.2) is 85.7 Å². The average molecular weight is 1050 g/mol. The maximum absolute atomic E-state index is 15.1. The van der Waals surface area contributed by atoms with Crippen molar-refractivity contribution in [3.05, 3.63) is 126 Å². The fourth-order valence-electron chi connectivity index (χ4n) is 10.6. The minimum absolute atomic E-state index is 0.0244. The minimum atomic E-state index is -5.23. The summed E-state index contributed by atoms with van der Waals surface area (Å²) < 4.78 is 172. The SMILES string of the molecule is CC[C@H]1/C2=C/C3=C(C)C4C(=O)N(Cc5cc(C(F)(F)F)cc(C(F)(F)F)c5)C(=O)/C(=C5N=C(/C=c6\[nH]/c(c(C(C)=NCc7cc(C(F)(F)F)cc(C(F)(F)F)c7)c6C)=C\C(=N2)[C@@H]1C)[C@@H](C)[C@@H]/5CCC(=O)OC)C4N3. The summed E-state index contributed by atoms with van der Waals surface area (Å²) in [6, 6.07) is 0.935. The van der Waals surface area contributed by atoms with Crippen LogP contribution in [-0.2, 0) is 56.9 Å². The summed E-state index contributed by atoms with van der Waals surface area (Å²) in [5.74, 6) is -5.67. The zero-order valence-electron chi connectivity index (χ0n) is 40.7. The van der Waals surface area contributed by atoms with Crippen molar-refractivity contribution in [3.63, 3.8) is 0 Å². The predicted molar refractivity (Wildman–Crippen MR) is 248 cm³/mol. The van der Waals surface area contributed by atoms with Gasteiger partial charge < -0.3 is 15.0 Å². The predicted octanol–water partition coefficient (Wildman–Crippen LogP) is 10.3. The van der Waals surface area contributed by atoms with E-state index in [1.165, 1.54) is 7.11 Å². The third kappa shape index (κ3) is 10.1. The number of carbonyl (C=O) groups is 3. The minimum Gasteiger partial charge on any atom is -0.469 e. The number of rotatable bonds is 9. The summed E-state index contributed by atoms with van der Waals surface area (Å²) in [5, 5.41) is 4.18. The number of fused-ring (bicyclic) bond motifs is 5. The molecular formula is C52H48F12N6O4. The molecule has 2 aromatic carbocycles. The molecule has 74 heavy (non-hydrogen) atoms. The maximum Gasteiger partial charge on any atom is 0.416 e. The van der Waals surface area contributed by atoms with Crippen LogP contribution in [-0.4, -0.2) is 58.0 Å². The molecule has 5 aliphatic heterocycles. The van der Waals surface area contributed by atoms with Gasteiger partial charge in [-0.25, -0.2) is 0 Å². The molecule has 5 aliphatic rings. The first-order valence-corrected chi connectivity index (χ1v) is 23.4. The molecule has 0 spiro atoms. The Balaban J connectivity index is 1.35. The highest BCUT2D eigenvalue weighted by Gasteiger charge is 2.53. The molecule has 2 amide bonds. The van der Waals surface area contributed by atoms with Gasteiger partial charge in [0.1, 0.15) is 0 Å². The second-order valence-corrected chi connectivity index (χ2v) is 19.2. The van der Waals surface area contributed by atoms with E-state index in [-0.39, 0.29) is 59.4 Å². The van der Waals surface area contributed by atoms with E-state index in [0.29, 0.717) is 85.8 Å². The Morgan fingerprint density at radius 2 is 1.27 bits per heavy atom. The van der Waals surface area contributed by atoms with Crippen molar-refractivity contribution < 1.29 is 71.8 Å². The summed E-state index contributed by atoms with van der Waals surface area (Å²) in [6.45, 7) is 8.95. The molecule has 1 fully saturated rings. The highest BCUT2D eigenvalue weighted by atomic mass is 19.4. The van der Waals surface area contributed by atoms with Crippen molar-refractivity contribution in [1.29, 1.82) is 0 Å². The molecule has 1 saturated heterocycles. The number of amides is 2. The molecule has 6 heterocycles. The number of ether oxygens (including phenoxy) is 1. The number of aliphatic imine (C=N–C) groups is 3. The van der Waals surface area contributed by atoms with Crippen LogP contribution in [0.25, 0.3) is 12.2 Å². The number of benzene rings is 2. The van der Waals surface area contributed by atoms with Crippen LogP contribution in [0.4, 0.5) is 52.7 Å². The number of hydrogen-bond acceptors (Lipinski definition) is 8. The lowest BCUT2D eigenvalue weighted by Gasteiger charge is -2.37. The summed E-state index contributed by atoms with van der Waals surface area (Å²) in [7, 11) is 1.18. The molecule has 1 aromatic heterocycles. The molecule has 3 aromatic rings. The standard InChI is InChI=1S/C52H48F12N6O4/c1-8-33-22(2)35-19-40-42(26(6)65-20-27-11-29(49(53,54)55)15-30(12-27)50(56,57)58)24(4)37(67-40)17-36-23(3)34(9-10-41(71)74-7)45(68-36)44-46-43(25(5)38(69-46)18-39(33)66-35)47(72)70(48(44)73)21-28-13-31(51(59,60)61)16-32(14-28)52(62,63)64/h11-19,22-23,33-34,43,46,67,69H,8-10,20-21H2,1-7H3/b37-17-,39-18-,40-19-,45-44+,65-26?/t22-,23+,33-,34+,43?,46?/m1/s1. The van der Waals surface area contributed by atoms with Gasteiger partial charge >= 0.3 is 30.7 Å². The summed E-state index contributed by atoms with van der Waals surface area (Å²) in [6.07, 6.45) is -15.1. The topological polar surface area (TPSA) is 129 Å². The van der Waals surface area contributed by atoms with Gasteiger partial charge in [0, 0.05) is 74.9 Å². The lowest BCUT2D eigenvalue weighted by atomic mass is 9.79. The molecule has 10 nitrogen and oxygen atoms in total. The first kappa shape index (κ1) is 53.5. The van der Waals surface area contributed by atoms with E-state index in [1.807, 2.05) is 13.8 Å². The number of likely N-dealkylation sites (tertiary alicyclic amines) is 1. The number of halogens is 12. The maximum atomic E-state index is 15.1. The van der Waals surface area contributed by atoms with Gasteiger partial charge in [0.15, 0.2) is 0 Å². The van der Waals surface area contributed by atoms with Crippen molar-refractivity contribution in [3.8, 4) is 0 Å². The molecule has 0 aliphatic carbocycles. The third-order valence-corrected chi connectivity index (χ3v) is 14.5. The number of esters is 1. The van der Waals surface area contributed by atoms with Crippen LogP contribution >= 0.6 is 0 Å². The molecule has 0 saturated carbocycles. The summed E-state index contributed by atoms with van der Waals surface area (Å²) in [5.41, 5.74) is -3.87. The van der Waals surface area contributed by atoms with Crippen LogP contribution in [0.5, 0.6) is 0 Å². The summed E-state index contributed by atoms with van der Waals surface area (Å²) >= 11 is 0. The van der Waals surface area contributed by atoms with Crippen molar-refractivity contribution >= 4 is 47.1 Å². The van der Waals surface area contributed by atoms with Gasteiger partial charge in [-0.3, -0.25) is 34.3 Å². The van der Waals surface area contributed by atoms with E-state index < -0.39 is 107 Å². The Morgan fingerprint density at radius 3 is 1.81 bits per heavy atom. The third-order valence-electron chi connectivity index (χ3n) is 14.5. The molecule has 6 atom stereocenters. The van der Waals surface area contributed by atoms with E-state index in [0.717, 1.165) is 0 Å². The van der Waals surface area contributed by atoms with Crippen LogP contribution in [0, 0.1) is 36.5 Å². The van der Waals surface area contributed by atoms with Crippen molar-refractivity contribution in [2.75, 3.05) is 7.11 Å². The number of aromatic nitrogens is 1. The largest absolute Gasteiger partial charge is 0.469 e. The fourth-order valence-corrected chi connectivity index (χ4v) is 10.6. The van der Waals surface area contributed by atoms with Gasteiger partial charge in [-0.1, -0.05) is 20.8 Å². The van der Waals surface area contributed by atoms with E-state index >= 15 is 4.79 Å². The number of piperidine rings is 1. The first-order valence-electron chi connectivity index (χ1n) is 23.4. The van der Waals surface area contributed by atoms with Crippen molar-refractivity contribution in [2.45, 2.75) is 105 Å². The van der Waals surface area contributed by atoms with Crippen LogP contribution in [0.3, 0.4) is 0 Å². The average Bonchev–Trinajstić information content (AvgIpc) is 4.00. The number of hydrogen-bond donors (Lipinski definition) is 2. The molecule has 0 radical (unpaired) electrons. The Bertz CT molecular complexity index is 3120. The quantitative estimate of drug-likeness (QED) is 0.0955. The van der Waals surface area contributed by atoms with Gasteiger partial charge in [-0.15, -0.1) is 0 Å². The number of methoxy groups -OCH3 is 1. The highest BCUT2D eigenvalue weighted by Crippen LogP contribution is 2.46. The van der Waals surface area contributed by atoms with Gasteiger partial charge in [-0.05, 0) is 111 Å². The molecular weight excluding hydrogens is 1000 g/mol. The van der Waals surface area contributed by atoms with Crippen molar-refractivity contribution in [1.82, 2.24) is 15.2 Å². The monoisotopic (exact) mass is 1050 g/mol. The van der Waals surface area contributed by atoms with Crippen molar-refractivity contribution in [2.24, 2.45) is 44.6 Å². The van der Waals surface area contributed by atoms with Gasteiger partial charge in [0.05, 0.1) is 65.7 Å². The Labute approximate surface area is 415 Å². The van der Waals surface area contributed by atoms with E-state index in [4.69, 9.17) is 14.7 Å². The van der Waals surface area contributed by atoms with Crippen LogP contribution < -0.4 is 16.0 Å². The van der Waals surface area contributed by atoms with Crippen LogP contribution in [0.1, 0.15) is 98.4 Å². The molecule has 2 unspecified atom stereocenters. The lowest BCUT2D eigenvalue weighted by Crippen LogP contribution is -2.54. The lowest BCUT2D eigenvalue weighted by molar-refractivity contribution is -0.149. The zero-order chi connectivity index (χ0) is 54.3. The number of aromatic amines is 1.